The topological polar surface area (TPSA) is 138 Å². The predicted octanol–water partition coefficient (Wildman–Crippen LogP) is 1.65. The average molecular weight is 475 g/mol. The van der Waals surface area contributed by atoms with Gasteiger partial charge in [0.25, 0.3) is 0 Å². The molecule has 2 heterocycles. The molecule has 0 aliphatic heterocycles. The average Bonchev–Trinajstić information content (AvgIpc) is 3.45. The minimum atomic E-state index is -1.27. The van der Waals surface area contributed by atoms with E-state index in [0.29, 0.717) is 35.7 Å². The van der Waals surface area contributed by atoms with E-state index >= 15 is 0 Å². The molecule has 0 aromatic carbocycles. The van der Waals surface area contributed by atoms with Crippen LogP contribution >= 0.6 is 22.7 Å². The maximum atomic E-state index is 12.3. The summed E-state index contributed by atoms with van der Waals surface area (Å²) < 4.78 is 0. The summed E-state index contributed by atoms with van der Waals surface area (Å²) in [6.45, 7) is 0. The Labute approximate surface area is 192 Å². The van der Waals surface area contributed by atoms with E-state index in [-0.39, 0.29) is 35.8 Å². The van der Waals surface area contributed by atoms with Crippen LogP contribution in [0.5, 0.6) is 0 Å². The van der Waals surface area contributed by atoms with E-state index in [9.17, 15) is 29.4 Å². The van der Waals surface area contributed by atoms with Crippen molar-refractivity contribution in [2.45, 2.75) is 64.2 Å². The van der Waals surface area contributed by atoms with E-state index in [1.54, 1.807) is 0 Å². The van der Waals surface area contributed by atoms with Crippen LogP contribution in [-0.4, -0.2) is 23.8 Å². The van der Waals surface area contributed by atoms with Crippen molar-refractivity contribution in [3.05, 3.63) is 32.0 Å². The number of fused-ring (bicyclic) bond motifs is 2. The quantitative estimate of drug-likeness (QED) is 0.530. The Kier molecular flexibility index (Phi) is 6.61. The van der Waals surface area contributed by atoms with Crippen LogP contribution in [0.3, 0.4) is 0 Å². The molecule has 8 nitrogen and oxygen atoms in total. The summed E-state index contributed by atoms with van der Waals surface area (Å²) in [7, 11) is 0. The van der Waals surface area contributed by atoms with Gasteiger partial charge >= 0.3 is 0 Å². The number of unbranched alkanes of at least 4 members (excludes halogenated alkanes) is 1. The number of carbonyl (C=O) groups excluding carboxylic acids is 4. The van der Waals surface area contributed by atoms with Gasteiger partial charge in [-0.1, -0.05) is 0 Å². The van der Waals surface area contributed by atoms with Gasteiger partial charge in [-0.2, -0.15) is 0 Å². The third-order valence-electron chi connectivity index (χ3n) is 5.81. The largest absolute Gasteiger partial charge is 0.545 e. The number of carboxylic acids is 2. The van der Waals surface area contributed by atoms with Crippen molar-refractivity contribution < 1.29 is 29.4 Å². The van der Waals surface area contributed by atoms with Crippen LogP contribution < -0.4 is 20.8 Å². The molecule has 2 aliphatic rings. The number of rotatable bonds is 9. The van der Waals surface area contributed by atoms with Gasteiger partial charge in [0.15, 0.2) is 0 Å². The molecule has 170 valence electrons. The van der Waals surface area contributed by atoms with Crippen molar-refractivity contribution in [3.8, 4) is 0 Å². The molecule has 0 atom stereocenters. The molecule has 32 heavy (non-hydrogen) atoms. The van der Waals surface area contributed by atoms with Gasteiger partial charge in [-0.25, -0.2) is 0 Å². The van der Waals surface area contributed by atoms with E-state index in [2.05, 4.69) is 10.6 Å². The van der Waals surface area contributed by atoms with Gasteiger partial charge < -0.3 is 30.4 Å². The number of aromatic carboxylic acids is 2. The number of hydrogen-bond donors (Lipinski definition) is 2. The van der Waals surface area contributed by atoms with Crippen molar-refractivity contribution >= 4 is 56.4 Å². The van der Waals surface area contributed by atoms with Gasteiger partial charge in [-0.05, 0) is 62.5 Å². The van der Waals surface area contributed by atoms with E-state index in [4.69, 9.17) is 0 Å². The van der Waals surface area contributed by atoms with Gasteiger partial charge in [-0.3, -0.25) is 9.59 Å². The molecule has 0 saturated carbocycles. The molecule has 2 aromatic rings. The Balaban J connectivity index is 1.25. The zero-order valence-corrected chi connectivity index (χ0v) is 19.0. The van der Waals surface area contributed by atoms with Gasteiger partial charge in [-0.15, -0.1) is 22.7 Å². The smallest absolute Gasteiger partial charge is 0.224 e. The molecular formula is C22H22N2O6S2-2. The highest BCUT2D eigenvalue weighted by molar-refractivity contribution is 7.17. The summed E-state index contributed by atoms with van der Waals surface area (Å²) in [6.07, 6.45) is 6.03. The first-order chi connectivity index (χ1) is 15.3. The molecule has 0 saturated heterocycles. The highest BCUT2D eigenvalue weighted by atomic mass is 32.1. The fourth-order valence-electron chi connectivity index (χ4n) is 4.37. The van der Waals surface area contributed by atoms with Crippen LogP contribution in [0.4, 0.5) is 10.0 Å². The lowest BCUT2D eigenvalue weighted by atomic mass is 10.1. The number of nitrogens with one attached hydrogen (secondary N) is 2. The highest BCUT2D eigenvalue weighted by Crippen LogP contribution is 2.39. The second-order valence-corrected chi connectivity index (χ2v) is 10.2. The summed E-state index contributed by atoms with van der Waals surface area (Å²) in [4.78, 5) is 49.5. The summed E-state index contributed by atoms with van der Waals surface area (Å²) in [6, 6.07) is 0. The first-order valence-electron chi connectivity index (χ1n) is 10.7. The zero-order chi connectivity index (χ0) is 22.8. The monoisotopic (exact) mass is 474 g/mol. The molecule has 0 bridgehead atoms. The molecule has 2 N–H and O–H groups in total. The molecule has 0 unspecified atom stereocenters. The molecule has 10 heteroatoms. The summed E-state index contributed by atoms with van der Waals surface area (Å²) in [5.74, 6) is -3.15. The lowest BCUT2D eigenvalue weighted by molar-refractivity contribution is -0.256. The number of aryl methyl sites for hydroxylation is 2. The molecule has 0 spiro atoms. The minimum absolute atomic E-state index is 0.0989. The van der Waals surface area contributed by atoms with Gasteiger partial charge in [0.1, 0.15) is 10.0 Å². The summed E-state index contributed by atoms with van der Waals surface area (Å²) in [5.41, 5.74) is 1.75. The van der Waals surface area contributed by atoms with E-state index in [1.165, 1.54) is 22.7 Å². The Hall–Kier alpha value is -2.72. The number of carboxylic acid groups (broad SMARTS) is 2. The third-order valence-corrected chi connectivity index (χ3v) is 8.23. The standard InChI is InChI=1S/C22H24N2O6S2/c25-15(23-19-17(21(27)28)11-5-3-7-13(11)31-19)9-1-2-10-16(26)24-20-18(22(29)30)12-6-4-8-14(12)32-20/h1-10H2,(H,23,25)(H,24,26)(H,27,28)(H,29,30)/p-2. The number of anilines is 2. The second kappa shape index (κ2) is 9.41. The molecular weight excluding hydrogens is 452 g/mol. The Bertz CT molecular complexity index is 1010. The maximum absolute atomic E-state index is 12.3. The molecule has 4 rings (SSSR count). The fourth-order valence-corrected chi connectivity index (χ4v) is 6.95. The first kappa shape index (κ1) is 22.5. The van der Waals surface area contributed by atoms with Crippen LogP contribution in [0.2, 0.25) is 0 Å². The van der Waals surface area contributed by atoms with Gasteiger partial charge in [0, 0.05) is 33.7 Å². The number of carbonyl (C=O) groups is 4. The normalized spacial score (nSPS) is 14.1. The zero-order valence-electron chi connectivity index (χ0n) is 17.3. The fraction of sp³-hybridized carbons (Fsp3) is 0.455. The van der Waals surface area contributed by atoms with Gasteiger partial charge in [0.2, 0.25) is 11.8 Å². The van der Waals surface area contributed by atoms with Gasteiger partial charge in [0.05, 0.1) is 11.9 Å². The third kappa shape index (κ3) is 4.56. The van der Waals surface area contributed by atoms with Crippen LogP contribution in [0.15, 0.2) is 0 Å². The van der Waals surface area contributed by atoms with Crippen molar-refractivity contribution in [3.63, 3.8) is 0 Å². The van der Waals surface area contributed by atoms with E-state index in [1.807, 2.05) is 0 Å². The van der Waals surface area contributed by atoms with E-state index in [0.717, 1.165) is 46.6 Å². The lowest BCUT2D eigenvalue weighted by Gasteiger charge is -2.10. The first-order valence-corrected chi connectivity index (χ1v) is 12.3. The van der Waals surface area contributed by atoms with Crippen LogP contribution in [0, 0.1) is 0 Å². The van der Waals surface area contributed by atoms with Crippen molar-refractivity contribution in [2.24, 2.45) is 0 Å². The Morgan fingerprint density at radius 3 is 1.47 bits per heavy atom. The van der Waals surface area contributed by atoms with Crippen molar-refractivity contribution in [1.82, 2.24) is 0 Å². The van der Waals surface area contributed by atoms with Crippen LogP contribution in [0.1, 0.15) is 80.1 Å². The lowest BCUT2D eigenvalue weighted by Crippen LogP contribution is -2.25. The summed E-state index contributed by atoms with van der Waals surface area (Å²) >= 11 is 2.59. The maximum Gasteiger partial charge on any atom is 0.224 e. The number of thiophene rings is 2. The molecule has 0 fully saturated rings. The number of amides is 2. The summed E-state index contributed by atoms with van der Waals surface area (Å²) in [5, 5.41) is 29.0. The molecule has 0 radical (unpaired) electrons. The predicted molar refractivity (Wildman–Crippen MR) is 117 cm³/mol. The van der Waals surface area contributed by atoms with Crippen molar-refractivity contribution in [2.75, 3.05) is 10.6 Å². The molecule has 2 amide bonds. The molecule has 2 aromatic heterocycles. The van der Waals surface area contributed by atoms with Crippen molar-refractivity contribution in [1.29, 1.82) is 0 Å². The SMILES string of the molecule is O=C(CCCCC(=O)Nc1sc2c(c1C(=O)[O-])CCC2)Nc1sc2c(c1C(=O)[O-])CCC2. The minimum Gasteiger partial charge on any atom is -0.545 e. The number of hydrogen-bond acceptors (Lipinski definition) is 8. The highest BCUT2D eigenvalue weighted by Gasteiger charge is 2.25. The molecule has 2 aliphatic carbocycles. The van der Waals surface area contributed by atoms with Crippen LogP contribution in [-0.2, 0) is 35.3 Å². The second-order valence-electron chi connectivity index (χ2n) is 8.00. The Morgan fingerprint density at radius 2 is 1.09 bits per heavy atom. The Morgan fingerprint density at radius 1 is 0.688 bits per heavy atom. The van der Waals surface area contributed by atoms with E-state index < -0.39 is 11.9 Å². The van der Waals surface area contributed by atoms with Crippen LogP contribution in [0.25, 0.3) is 0 Å².